The van der Waals surface area contributed by atoms with Crippen LogP contribution in [0.5, 0.6) is 0 Å². The Labute approximate surface area is 191 Å². The number of nitrogens with zero attached hydrogens (tertiary/aromatic N) is 3. The number of rotatable bonds is 4. The minimum Gasteiger partial charge on any atom is -0.395 e. The summed E-state index contributed by atoms with van der Waals surface area (Å²) in [6.45, 7) is 5.14. The molecule has 0 amide bonds. The fourth-order valence-electron chi connectivity index (χ4n) is 4.88. The van der Waals surface area contributed by atoms with Gasteiger partial charge in [-0.15, -0.1) is 0 Å². The molecule has 0 radical (unpaired) electrons. The molecule has 1 fully saturated rings. The van der Waals surface area contributed by atoms with Gasteiger partial charge in [-0.1, -0.05) is 29.3 Å². The lowest BCUT2D eigenvalue weighted by atomic mass is 9.94. The lowest BCUT2D eigenvalue weighted by Gasteiger charge is -2.34. The monoisotopic (exact) mass is 453 g/mol. The molecular weight excluding hydrogens is 427 g/mol. The van der Waals surface area contributed by atoms with Gasteiger partial charge in [0.1, 0.15) is 0 Å². The number of hydrogen-bond donors (Lipinski definition) is 1. The molecule has 2 aromatic carbocycles. The summed E-state index contributed by atoms with van der Waals surface area (Å²) in [6.07, 6.45) is -2.07. The number of aliphatic hydroxyl groups is 1. The average molecular weight is 454 g/mol. The van der Waals surface area contributed by atoms with Crippen LogP contribution in [0.4, 0.5) is 18.9 Å². The Kier molecular flexibility index (Phi) is 5.32. The van der Waals surface area contributed by atoms with Crippen LogP contribution < -0.4 is 5.01 Å². The van der Waals surface area contributed by atoms with Crippen molar-refractivity contribution in [2.45, 2.75) is 39.3 Å². The number of halogens is 3. The zero-order valence-electron chi connectivity index (χ0n) is 18.7. The molecule has 1 aliphatic carbocycles. The smallest absolute Gasteiger partial charge is 0.395 e. The molecule has 4 nitrogen and oxygen atoms in total. The molecule has 33 heavy (non-hydrogen) atoms. The molecule has 1 N–H and O–H groups in total. The summed E-state index contributed by atoms with van der Waals surface area (Å²) in [5, 5.41) is 16.1. The van der Waals surface area contributed by atoms with Gasteiger partial charge in [0.15, 0.2) is 0 Å². The Balaban J connectivity index is 1.76. The van der Waals surface area contributed by atoms with Gasteiger partial charge >= 0.3 is 6.18 Å². The second-order valence-corrected chi connectivity index (χ2v) is 8.89. The highest BCUT2D eigenvalue weighted by atomic mass is 19.4. The summed E-state index contributed by atoms with van der Waals surface area (Å²) < 4.78 is 42.0. The molecule has 0 unspecified atom stereocenters. The molecular formula is C26H26F3N3O. The van der Waals surface area contributed by atoms with Crippen molar-refractivity contribution < 1.29 is 18.3 Å². The van der Waals surface area contributed by atoms with E-state index in [1.807, 2.05) is 26.0 Å². The van der Waals surface area contributed by atoms with Gasteiger partial charge in [0.2, 0.25) is 0 Å². The number of benzene rings is 2. The first-order valence-electron chi connectivity index (χ1n) is 11.2. The van der Waals surface area contributed by atoms with Crippen molar-refractivity contribution in [3.8, 4) is 0 Å². The molecule has 2 aromatic rings. The molecule has 0 bridgehead atoms. The van der Waals surface area contributed by atoms with Gasteiger partial charge in [-0.05, 0) is 62.9 Å². The third kappa shape index (κ3) is 3.95. The van der Waals surface area contributed by atoms with Gasteiger partial charge < -0.3 is 10.0 Å². The highest BCUT2D eigenvalue weighted by molar-refractivity contribution is 6.15. The summed E-state index contributed by atoms with van der Waals surface area (Å²) in [7, 11) is 0. The van der Waals surface area contributed by atoms with Crippen LogP contribution in [0.25, 0.3) is 0 Å². The van der Waals surface area contributed by atoms with E-state index >= 15 is 0 Å². The van der Waals surface area contributed by atoms with E-state index in [1.165, 1.54) is 17.1 Å². The molecule has 0 atom stereocenters. The van der Waals surface area contributed by atoms with E-state index < -0.39 is 11.7 Å². The highest BCUT2D eigenvalue weighted by Gasteiger charge is 2.42. The van der Waals surface area contributed by atoms with E-state index in [9.17, 15) is 18.3 Å². The number of alkyl halides is 3. The number of allylic oxidation sites excluding steroid dienone is 1. The quantitative estimate of drug-likeness (QED) is 0.660. The maximum atomic E-state index is 14.0. The van der Waals surface area contributed by atoms with Crippen LogP contribution in [-0.2, 0) is 6.18 Å². The fraction of sp³-hybridized carbons (Fsp3) is 0.346. The van der Waals surface area contributed by atoms with Crippen molar-refractivity contribution in [1.29, 1.82) is 0 Å². The predicted molar refractivity (Wildman–Crippen MR) is 123 cm³/mol. The summed E-state index contributed by atoms with van der Waals surface area (Å²) in [6, 6.07) is 11.8. The highest BCUT2D eigenvalue weighted by Crippen LogP contribution is 2.48. The standard InChI is InChI=1S/C26H26F3N3O/c1-16-13-17(2)15-19(14-16)23-20-9-10-31(11-12-33)25(20)24(18-7-8-18)32(30-23)22-6-4-3-5-21(22)26(27,28)29/h3-6,13-15,33H,7-12H2,1-2H3. The van der Waals surface area contributed by atoms with E-state index in [-0.39, 0.29) is 12.3 Å². The predicted octanol–water partition coefficient (Wildman–Crippen LogP) is 5.55. The fourth-order valence-corrected chi connectivity index (χ4v) is 4.88. The van der Waals surface area contributed by atoms with E-state index in [4.69, 9.17) is 5.10 Å². The van der Waals surface area contributed by atoms with Crippen LogP contribution in [0.1, 0.15) is 41.5 Å². The maximum absolute atomic E-state index is 14.0. The molecule has 2 heterocycles. The first-order valence-corrected chi connectivity index (χ1v) is 11.2. The lowest BCUT2D eigenvalue weighted by molar-refractivity contribution is -0.137. The first kappa shape index (κ1) is 21.8. The molecule has 3 aliphatic rings. The van der Waals surface area contributed by atoms with Crippen molar-refractivity contribution >= 4 is 11.4 Å². The van der Waals surface area contributed by atoms with Crippen LogP contribution in [0.15, 0.2) is 70.1 Å². The molecule has 1 saturated carbocycles. The van der Waals surface area contributed by atoms with Gasteiger partial charge in [0.05, 0.1) is 35.0 Å². The number of hydrogen-bond acceptors (Lipinski definition) is 4. The summed E-state index contributed by atoms with van der Waals surface area (Å²) in [4.78, 5) is 2.09. The van der Waals surface area contributed by atoms with Gasteiger partial charge in [-0.25, -0.2) is 5.01 Å². The number of hydrazone groups is 1. The molecule has 0 aromatic heterocycles. The minimum atomic E-state index is -4.50. The normalized spacial score (nSPS) is 18.2. The van der Waals surface area contributed by atoms with Gasteiger partial charge in [0, 0.05) is 24.2 Å². The second-order valence-electron chi connectivity index (χ2n) is 8.89. The molecule has 5 rings (SSSR count). The zero-order valence-corrected chi connectivity index (χ0v) is 18.7. The van der Waals surface area contributed by atoms with Crippen molar-refractivity contribution in [3.63, 3.8) is 0 Å². The van der Waals surface area contributed by atoms with Crippen LogP contribution in [0.2, 0.25) is 0 Å². The topological polar surface area (TPSA) is 39.1 Å². The van der Waals surface area contributed by atoms with Crippen molar-refractivity contribution in [1.82, 2.24) is 4.90 Å². The maximum Gasteiger partial charge on any atom is 0.418 e. The minimum absolute atomic E-state index is 0.0193. The van der Waals surface area contributed by atoms with E-state index in [2.05, 4.69) is 11.0 Å². The lowest BCUT2D eigenvalue weighted by Crippen LogP contribution is -2.34. The molecule has 0 spiro atoms. The molecule has 0 saturated heterocycles. The van der Waals surface area contributed by atoms with Gasteiger partial charge in [-0.3, -0.25) is 0 Å². The largest absolute Gasteiger partial charge is 0.418 e. The Bertz CT molecular complexity index is 1180. The van der Waals surface area contributed by atoms with E-state index in [1.54, 1.807) is 6.07 Å². The Morgan fingerprint density at radius 3 is 2.30 bits per heavy atom. The zero-order chi connectivity index (χ0) is 23.3. The number of β-amino-alcohol motifs (C(OH)–C–C–N with tert-alkyl or cyclic N) is 1. The molecule has 2 aliphatic heterocycles. The Morgan fingerprint density at radius 1 is 0.970 bits per heavy atom. The summed E-state index contributed by atoms with van der Waals surface area (Å²) in [5.41, 5.74) is 6.91. The van der Waals surface area contributed by atoms with Crippen molar-refractivity contribution in [2.75, 3.05) is 24.7 Å². The third-order valence-corrected chi connectivity index (χ3v) is 6.29. The molecule has 172 valence electrons. The van der Waals surface area contributed by atoms with Gasteiger partial charge in [0.25, 0.3) is 0 Å². The number of aryl methyl sites for hydroxylation is 2. The number of para-hydroxylation sites is 1. The van der Waals surface area contributed by atoms with Crippen molar-refractivity contribution in [2.24, 2.45) is 5.10 Å². The summed E-state index contributed by atoms with van der Waals surface area (Å²) >= 11 is 0. The molecule has 7 heteroatoms. The second kappa shape index (κ2) is 8.06. The Hall–Kier alpha value is -3.06. The Morgan fingerprint density at radius 2 is 1.67 bits per heavy atom. The third-order valence-electron chi connectivity index (χ3n) is 6.29. The van der Waals surface area contributed by atoms with Gasteiger partial charge in [-0.2, -0.15) is 18.3 Å². The SMILES string of the molecule is Cc1cc(C)cc(C2=NN(c3ccccc3C(F)(F)F)C(=C3CC3)C3=C2CCN3CCO)c1. The van der Waals surface area contributed by atoms with Crippen LogP contribution in [0, 0.1) is 13.8 Å². The van der Waals surface area contributed by atoms with E-state index in [0.717, 1.165) is 64.6 Å². The van der Waals surface area contributed by atoms with Crippen molar-refractivity contribution in [3.05, 3.63) is 87.3 Å². The number of anilines is 1. The average Bonchev–Trinajstić information content (AvgIpc) is 3.52. The van der Waals surface area contributed by atoms with E-state index in [0.29, 0.717) is 18.8 Å². The van der Waals surface area contributed by atoms with Crippen LogP contribution >= 0.6 is 0 Å². The first-order chi connectivity index (χ1) is 15.8. The number of aliphatic hydroxyl groups excluding tert-OH is 1. The summed E-state index contributed by atoms with van der Waals surface area (Å²) in [5.74, 6) is 0. The van der Waals surface area contributed by atoms with Crippen LogP contribution in [-0.4, -0.2) is 35.4 Å². The van der Waals surface area contributed by atoms with Crippen LogP contribution in [0.3, 0.4) is 0 Å².